The summed E-state index contributed by atoms with van der Waals surface area (Å²) in [7, 11) is 1.79. The number of piperazine rings is 1. The molecule has 3 saturated carbocycles. The minimum atomic E-state index is -0.656. The Bertz CT molecular complexity index is 1480. The van der Waals surface area contributed by atoms with Gasteiger partial charge in [0.15, 0.2) is 0 Å². The first-order valence-corrected chi connectivity index (χ1v) is 13.1. The summed E-state index contributed by atoms with van der Waals surface area (Å²) in [6.07, 6.45) is 5.74. The predicted octanol–water partition coefficient (Wildman–Crippen LogP) is 1.29. The zero-order valence-electron chi connectivity index (χ0n) is 20.9. The lowest BCUT2D eigenvalue weighted by atomic mass is 9.36. The lowest BCUT2D eigenvalue weighted by Crippen LogP contribution is -2.78. The van der Waals surface area contributed by atoms with E-state index in [0.717, 1.165) is 62.2 Å². The molecule has 1 atom stereocenters. The van der Waals surface area contributed by atoms with Gasteiger partial charge in [0.05, 0.1) is 22.9 Å². The van der Waals surface area contributed by atoms with Gasteiger partial charge in [-0.3, -0.25) is 28.9 Å². The fraction of sp³-hybridized carbons (Fsp3) is 0.481. The maximum atomic E-state index is 13.3. The van der Waals surface area contributed by atoms with Crippen molar-refractivity contribution >= 4 is 34.4 Å². The van der Waals surface area contributed by atoms with Crippen molar-refractivity contribution in [3.63, 3.8) is 0 Å². The van der Waals surface area contributed by atoms with Gasteiger partial charge in [-0.05, 0) is 49.4 Å². The molecule has 8 rings (SSSR count). The van der Waals surface area contributed by atoms with Gasteiger partial charge in [-0.1, -0.05) is 12.1 Å². The third kappa shape index (κ3) is 3.14. The van der Waals surface area contributed by atoms with Crippen LogP contribution in [-0.4, -0.2) is 62.6 Å². The molecule has 2 amide bonds. The molecule has 2 bridgehead atoms. The summed E-state index contributed by atoms with van der Waals surface area (Å²) in [6.45, 7) is 3.99. The number of carbonyl (C=O) groups is 2. The van der Waals surface area contributed by atoms with Crippen molar-refractivity contribution in [3.05, 3.63) is 52.6 Å². The Morgan fingerprint density at radius 1 is 1.03 bits per heavy atom. The summed E-state index contributed by atoms with van der Waals surface area (Å²) in [5, 5.41) is 2.40. The lowest BCUT2D eigenvalue weighted by molar-refractivity contribution is -0.170. The largest absolute Gasteiger partial charge is 0.384 e. The number of para-hydroxylation sites is 1. The molecule has 1 aromatic carbocycles. The predicted molar refractivity (Wildman–Crippen MR) is 139 cm³/mol. The van der Waals surface area contributed by atoms with Crippen molar-refractivity contribution in [2.24, 2.45) is 7.05 Å². The van der Waals surface area contributed by atoms with E-state index in [4.69, 9.17) is 5.73 Å². The van der Waals surface area contributed by atoms with Gasteiger partial charge in [0.25, 0.3) is 0 Å². The number of nitrogens with zero attached hydrogens (tertiary/aromatic N) is 5. The average molecular weight is 502 g/mol. The number of imide groups is 1. The van der Waals surface area contributed by atoms with Crippen LogP contribution in [0.4, 0.5) is 11.5 Å². The van der Waals surface area contributed by atoms with Gasteiger partial charge in [-0.2, -0.15) is 0 Å². The minimum Gasteiger partial charge on any atom is -0.384 e. The minimum absolute atomic E-state index is 0.0820. The Balaban J connectivity index is 1.11. The van der Waals surface area contributed by atoms with Crippen molar-refractivity contribution in [3.8, 4) is 0 Å². The second kappa shape index (κ2) is 7.67. The first kappa shape index (κ1) is 22.5. The molecule has 2 saturated heterocycles. The molecule has 4 heterocycles. The molecule has 3 N–H and O–H groups in total. The van der Waals surface area contributed by atoms with Gasteiger partial charge in [0.1, 0.15) is 11.9 Å². The summed E-state index contributed by atoms with van der Waals surface area (Å²) < 4.78 is 3.29. The molecule has 5 aliphatic rings. The third-order valence-corrected chi connectivity index (χ3v) is 9.28. The number of rotatable bonds is 4. The van der Waals surface area contributed by atoms with Gasteiger partial charge in [0.2, 0.25) is 11.8 Å². The summed E-state index contributed by atoms with van der Waals surface area (Å²) in [5.74, 6) is -0.128. The molecule has 2 aromatic heterocycles. The van der Waals surface area contributed by atoms with Crippen molar-refractivity contribution in [1.82, 2.24) is 24.3 Å². The highest BCUT2D eigenvalue weighted by Crippen LogP contribution is 2.71. The molecule has 1 unspecified atom stereocenters. The molecule has 10 heteroatoms. The Hall–Kier alpha value is -3.66. The number of aryl methyl sites for hydroxylation is 1. The lowest BCUT2D eigenvalue weighted by Gasteiger charge is -2.75. The number of fused-ring (bicyclic) bond motifs is 1. The standard InChI is InChI=1S/C27H31N7O3/c1-31-23-18(3-2-4-19(23)34(25(31)37)20-6-8-22(35)30-24(20)36)26-14-27(15-26,16-26)33-11-9-32(10-12-33)17-5-7-21(28)29-13-17/h2-5,7,13,20H,6,8-12,14-16H2,1H3,(H2,28,29)(H,30,35,36). The quantitative estimate of drug-likeness (QED) is 0.517. The van der Waals surface area contributed by atoms with Gasteiger partial charge < -0.3 is 10.6 Å². The van der Waals surface area contributed by atoms with Crippen LogP contribution in [0, 0.1) is 0 Å². The van der Waals surface area contributed by atoms with E-state index in [1.165, 1.54) is 5.56 Å². The van der Waals surface area contributed by atoms with Crippen LogP contribution in [-0.2, 0) is 22.1 Å². The summed E-state index contributed by atoms with van der Waals surface area (Å²) in [5.41, 5.74) is 9.91. The molecular weight excluding hydrogens is 470 g/mol. The maximum Gasteiger partial charge on any atom is 0.329 e. The van der Waals surface area contributed by atoms with E-state index in [1.54, 1.807) is 16.2 Å². The van der Waals surface area contributed by atoms with Gasteiger partial charge >= 0.3 is 5.69 Å². The highest BCUT2D eigenvalue weighted by atomic mass is 16.2. The van der Waals surface area contributed by atoms with Crippen LogP contribution in [0.2, 0.25) is 0 Å². The van der Waals surface area contributed by atoms with Gasteiger partial charge in [-0.25, -0.2) is 9.78 Å². The number of nitrogens with one attached hydrogen (secondary N) is 1. The van der Waals surface area contributed by atoms with Crippen LogP contribution < -0.4 is 21.6 Å². The number of hydrogen-bond donors (Lipinski definition) is 2. The summed E-state index contributed by atoms with van der Waals surface area (Å²) in [6, 6.07) is 9.33. The molecule has 10 nitrogen and oxygen atoms in total. The number of piperidine rings is 1. The van der Waals surface area contributed by atoms with Gasteiger partial charge in [-0.15, -0.1) is 0 Å². The molecule has 192 valence electrons. The molecule has 37 heavy (non-hydrogen) atoms. The zero-order chi connectivity index (χ0) is 25.5. The van der Waals surface area contributed by atoms with Crippen molar-refractivity contribution in [2.75, 3.05) is 36.8 Å². The number of pyridine rings is 1. The molecule has 0 radical (unpaired) electrons. The number of anilines is 2. The average Bonchev–Trinajstić information content (AvgIpc) is 3.09. The van der Waals surface area contributed by atoms with E-state index in [1.807, 2.05) is 30.5 Å². The number of aromatic nitrogens is 3. The highest BCUT2D eigenvalue weighted by Gasteiger charge is 2.71. The fourth-order valence-corrected chi connectivity index (χ4v) is 7.48. The Morgan fingerprint density at radius 3 is 2.46 bits per heavy atom. The number of carbonyl (C=O) groups excluding carboxylic acids is 2. The van der Waals surface area contributed by atoms with Crippen LogP contribution in [0.3, 0.4) is 0 Å². The number of nitrogen functional groups attached to an aromatic ring is 1. The van der Waals surface area contributed by atoms with Crippen LogP contribution in [0.1, 0.15) is 43.7 Å². The smallest absolute Gasteiger partial charge is 0.329 e. The SMILES string of the molecule is Cn1c(=O)n(C2CCC(=O)NC2=O)c2cccc(C34CC(N5CCN(c6ccc(N)nc6)CC5)(C3)C4)c21. The Kier molecular flexibility index (Phi) is 4.67. The van der Waals surface area contributed by atoms with Gasteiger partial charge in [0, 0.05) is 50.6 Å². The zero-order valence-corrected chi connectivity index (χ0v) is 20.9. The Labute approximate surface area is 214 Å². The number of amides is 2. The molecular formula is C27H31N7O3. The number of nitrogens with two attached hydrogens (primary N) is 1. The first-order valence-electron chi connectivity index (χ1n) is 13.1. The summed E-state index contributed by atoms with van der Waals surface area (Å²) in [4.78, 5) is 46.9. The normalized spacial score (nSPS) is 29.6. The van der Waals surface area contributed by atoms with Crippen molar-refractivity contribution < 1.29 is 9.59 Å². The molecule has 0 spiro atoms. The van der Waals surface area contributed by atoms with Crippen molar-refractivity contribution in [2.45, 2.75) is 49.1 Å². The second-order valence-corrected chi connectivity index (χ2v) is 11.3. The van der Waals surface area contributed by atoms with E-state index in [-0.39, 0.29) is 29.0 Å². The van der Waals surface area contributed by atoms with E-state index in [9.17, 15) is 14.4 Å². The van der Waals surface area contributed by atoms with E-state index in [0.29, 0.717) is 12.2 Å². The van der Waals surface area contributed by atoms with E-state index in [2.05, 4.69) is 26.2 Å². The fourth-order valence-electron chi connectivity index (χ4n) is 7.48. The Morgan fingerprint density at radius 2 is 1.78 bits per heavy atom. The topological polar surface area (TPSA) is 118 Å². The third-order valence-electron chi connectivity index (χ3n) is 9.28. The molecule has 3 aliphatic carbocycles. The van der Waals surface area contributed by atoms with Crippen molar-refractivity contribution in [1.29, 1.82) is 0 Å². The van der Waals surface area contributed by atoms with E-state index >= 15 is 0 Å². The van der Waals surface area contributed by atoms with E-state index < -0.39 is 11.9 Å². The monoisotopic (exact) mass is 501 g/mol. The highest BCUT2D eigenvalue weighted by molar-refractivity contribution is 6.00. The maximum absolute atomic E-state index is 13.3. The summed E-state index contributed by atoms with van der Waals surface area (Å²) >= 11 is 0. The van der Waals surface area contributed by atoms with Crippen LogP contribution in [0.15, 0.2) is 41.3 Å². The number of benzene rings is 1. The number of hydrogen-bond acceptors (Lipinski definition) is 7. The van der Waals surface area contributed by atoms with Crippen LogP contribution in [0.25, 0.3) is 11.0 Å². The molecule has 5 fully saturated rings. The molecule has 3 aromatic rings. The first-order chi connectivity index (χ1) is 17.8. The molecule has 2 aliphatic heterocycles. The van der Waals surface area contributed by atoms with Crippen LogP contribution >= 0.6 is 0 Å². The van der Waals surface area contributed by atoms with Crippen LogP contribution in [0.5, 0.6) is 0 Å². The number of imidazole rings is 1. The second-order valence-electron chi connectivity index (χ2n) is 11.3.